The number of aromatic amines is 1. The highest BCUT2D eigenvalue weighted by Crippen LogP contribution is 2.41. The molecule has 3 aromatic rings. The van der Waals surface area contributed by atoms with Crippen LogP contribution in [0.5, 0.6) is 11.6 Å². The summed E-state index contributed by atoms with van der Waals surface area (Å²) in [6.45, 7) is 15.4. The van der Waals surface area contributed by atoms with Gasteiger partial charge >= 0.3 is 0 Å². The van der Waals surface area contributed by atoms with Crippen molar-refractivity contribution in [1.82, 2.24) is 19.9 Å². The summed E-state index contributed by atoms with van der Waals surface area (Å²) in [5.74, 6) is 1.41. The molecule has 0 fully saturated rings. The van der Waals surface area contributed by atoms with Crippen molar-refractivity contribution in [3.05, 3.63) is 29.6 Å². The first-order chi connectivity index (χ1) is 14.5. The molecule has 0 saturated heterocycles. The number of hydrogen-bond acceptors (Lipinski definition) is 5. The van der Waals surface area contributed by atoms with Gasteiger partial charge in [-0.15, -0.1) is 0 Å². The van der Waals surface area contributed by atoms with Crippen LogP contribution in [0.15, 0.2) is 18.5 Å². The van der Waals surface area contributed by atoms with Gasteiger partial charge in [0.2, 0.25) is 5.88 Å². The molecule has 0 saturated carbocycles. The van der Waals surface area contributed by atoms with Crippen LogP contribution in [-0.2, 0) is 10.8 Å². The highest BCUT2D eigenvalue weighted by atomic mass is 16.5. The number of ether oxygens (including phenoxy) is 1. The molecule has 0 atom stereocenters. The van der Waals surface area contributed by atoms with Crippen molar-refractivity contribution >= 4 is 11.2 Å². The fourth-order valence-electron chi connectivity index (χ4n) is 3.64. The molecule has 0 aliphatic rings. The van der Waals surface area contributed by atoms with Crippen LogP contribution < -0.4 is 4.74 Å². The van der Waals surface area contributed by atoms with E-state index in [1.54, 1.807) is 6.33 Å². The van der Waals surface area contributed by atoms with Crippen molar-refractivity contribution in [1.29, 1.82) is 0 Å². The van der Waals surface area contributed by atoms with E-state index in [0.717, 1.165) is 29.5 Å². The van der Waals surface area contributed by atoms with Gasteiger partial charge in [0.15, 0.2) is 17.0 Å². The van der Waals surface area contributed by atoms with Gasteiger partial charge in [-0.25, -0.2) is 9.97 Å². The highest BCUT2D eigenvalue weighted by molar-refractivity contribution is 5.78. The van der Waals surface area contributed by atoms with Gasteiger partial charge in [0, 0.05) is 16.7 Å². The second-order valence-electron chi connectivity index (χ2n) is 10.3. The molecule has 31 heavy (non-hydrogen) atoms. The molecule has 2 aromatic heterocycles. The summed E-state index contributed by atoms with van der Waals surface area (Å²) in [7, 11) is 0. The molecule has 0 radical (unpaired) electrons. The van der Waals surface area contributed by atoms with E-state index in [-0.39, 0.29) is 10.8 Å². The smallest absolute Gasteiger partial charge is 0.246 e. The summed E-state index contributed by atoms with van der Waals surface area (Å²) >= 11 is 0. The molecule has 0 unspecified atom stereocenters. The maximum atomic E-state index is 11.0. The number of phenols is 1. The van der Waals surface area contributed by atoms with Crippen LogP contribution in [0.2, 0.25) is 0 Å². The maximum Gasteiger partial charge on any atom is 0.246 e. The van der Waals surface area contributed by atoms with E-state index in [1.165, 1.54) is 12.8 Å². The molecular weight excluding hydrogens is 388 g/mol. The average molecular weight is 425 g/mol. The van der Waals surface area contributed by atoms with Crippen LogP contribution >= 0.6 is 0 Å². The van der Waals surface area contributed by atoms with E-state index >= 15 is 0 Å². The first kappa shape index (κ1) is 23.0. The number of nitrogens with zero attached hydrogens (tertiary/aromatic N) is 3. The Hall–Kier alpha value is -2.63. The van der Waals surface area contributed by atoms with Gasteiger partial charge in [-0.3, -0.25) is 0 Å². The van der Waals surface area contributed by atoms with Crippen molar-refractivity contribution in [2.45, 2.75) is 85.0 Å². The van der Waals surface area contributed by atoms with Crippen LogP contribution in [0.3, 0.4) is 0 Å². The number of unbranched alkanes of at least 4 members (excludes halogenated alkanes) is 3. The lowest BCUT2D eigenvalue weighted by molar-refractivity contribution is 0.297. The minimum Gasteiger partial charge on any atom is -0.507 e. The molecular formula is C25H36N4O2. The Morgan fingerprint density at radius 1 is 0.935 bits per heavy atom. The summed E-state index contributed by atoms with van der Waals surface area (Å²) in [6, 6.07) is 3.99. The molecule has 1 aromatic carbocycles. The molecule has 0 spiro atoms. The normalized spacial score (nSPS) is 12.5. The molecule has 2 N–H and O–H groups in total. The summed E-state index contributed by atoms with van der Waals surface area (Å²) in [6.07, 6.45) is 6.13. The SMILES string of the molecule is CCCCCCOc1nc(-c2cc(C(C)(C)C)c(O)c(C(C)(C)C)c2)nc2[nH]cnc12. The number of phenolic OH excluding ortho intramolecular Hbond substituents is 1. The van der Waals surface area contributed by atoms with E-state index in [1.807, 2.05) is 12.1 Å². The van der Waals surface area contributed by atoms with Gasteiger partial charge in [0.05, 0.1) is 12.9 Å². The van der Waals surface area contributed by atoms with Gasteiger partial charge in [-0.2, -0.15) is 4.98 Å². The predicted octanol–water partition coefficient (Wildman–Crippen LogP) is 6.28. The van der Waals surface area contributed by atoms with Gasteiger partial charge in [-0.05, 0) is 29.4 Å². The van der Waals surface area contributed by atoms with Crippen LogP contribution in [0.4, 0.5) is 0 Å². The topological polar surface area (TPSA) is 83.9 Å². The van der Waals surface area contributed by atoms with E-state index in [2.05, 4.69) is 58.4 Å². The number of nitrogens with one attached hydrogen (secondary N) is 1. The van der Waals surface area contributed by atoms with E-state index < -0.39 is 0 Å². The zero-order valence-corrected chi connectivity index (χ0v) is 20.0. The summed E-state index contributed by atoms with van der Waals surface area (Å²) < 4.78 is 6.02. The first-order valence-corrected chi connectivity index (χ1v) is 11.2. The standard InChI is InChI=1S/C25H36N4O2/c1-8-9-10-11-12-31-23-19-22(27-15-26-19)28-21(29-23)16-13-17(24(2,3)4)20(30)18(14-16)25(5,6)7/h13-15,30H,8-12H2,1-7H3,(H,26,27,28,29). The number of rotatable bonds is 7. The second-order valence-corrected chi connectivity index (χ2v) is 10.3. The Morgan fingerprint density at radius 3 is 2.16 bits per heavy atom. The van der Waals surface area contributed by atoms with Crippen molar-refractivity contribution in [3.63, 3.8) is 0 Å². The van der Waals surface area contributed by atoms with E-state index in [9.17, 15) is 5.11 Å². The van der Waals surface area contributed by atoms with Gasteiger partial charge < -0.3 is 14.8 Å². The van der Waals surface area contributed by atoms with Gasteiger partial charge in [0.1, 0.15) is 5.75 Å². The number of hydrogen-bond donors (Lipinski definition) is 2. The van der Waals surface area contributed by atoms with E-state index in [4.69, 9.17) is 14.7 Å². The fourth-order valence-corrected chi connectivity index (χ4v) is 3.64. The number of aromatic nitrogens is 4. The first-order valence-electron chi connectivity index (χ1n) is 11.2. The molecule has 0 aliphatic heterocycles. The lowest BCUT2D eigenvalue weighted by Crippen LogP contribution is -2.17. The monoisotopic (exact) mass is 424 g/mol. The molecule has 3 rings (SSSR count). The minimum atomic E-state index is -0.225. The lowest BCUT2D eigenvalue weighted by atomic mass is 9.78. The highest BCUT2D eigenvalue weighted by Gasteiger charge is 2.27. The minimum absolute atomic E-state index is 0.225. The number of benzene rings is 1. The van der Waals surface area contributed by atoms with Crippen LogP contribution in [-0.4, -0.2) is 31.6 Å². The Balaban J connectivity index is 2.08. The quantitative estimate of drug-likeness (QED) is 0.436. The summed E-state index contributed by atoms with van der Waals surface area (Å²) in [5, 5.41) is 11.0. The molecule has 0 bridgehead atoms. The van der Waals surface area contributed by atoms with E-state index in [0.29, 0.717) is 35.2 Å². The molecule has 168 valence electrons. The molecule has 0 amide bonds. The molecule has 6 heteroatoms. The van der Waals surface area contributed by atoms with Crippen molar-refractivity contribution in [2.75, 3.05) is 6.61 Å². The van der Waals surface area contributed by atoms with Gasteiger partial charge in [0.25, 0.3) is 0 Å². The molecule has 2 heterocycles. The Kier molecular flexibility index (Phi) is 6.58. The zero-order valence-electron chi connectivity index (χ0n) is 20.0. The fraction of sp³-hybridized carbons (Fsp3) is 0.560. The van der Waals surface area contributed by atoms with Crippen LogP contribution in [0.1, 0.15) is 85.3 Å². The predicted molar refractivity (Wildman–Crippen MR) is 126 cm³/mol. The summed E-state index contributed by atoms with van der Waals surface area (Å²) in [4.78, 5) is 16.9. The lowest BCUT2D eigenvalue weighted by Gasteiger charge is -2.28. The van der Waals surface area contributed by atoms with Crippen molar-refractivity contribution in [3.8, 4) is 23.0 Å². The van der Waals surface area contributed by atoms with Crippen molar-refractivity contribution in [2.24, 2.45) is 0 Å². The summed E-state index contributed by atoms with van der Waals surface area (Å²) in [5.41, 5.74) is 3.46. The number of H-pyrrole nitrogens is 1. The zero-order chi connectivity index (χ0) is 22.8. The third-order valence-corrected chi connectivity index (χ3v) is 5.47. The van der Waals surface area contributed by atoms with Crippen LogP contribution in [0, 0.1) is 0 Å². The van der Waals surface area contributed by atoms with Gasteiger partial charge in [-0.1, -0.05) is 67.7 Å². The van der Waals surface area contributed by atoms with Crippen LogP contribution in [0.25, 0.3) is 22.6 Å². The molecule has 0 aliphatic carbocycles. The largest absolute Gasteiger partial charge is 0.507 e. The van der Waals surface area contributed by atoms with Crippen molar-refractivity contribution < 1.29 is 9.84 Å². The third-order valence-electron chi connectivity index (χ3n) is 5.47. The Labute approximate surface area is 185 Å². The maximum absolute atomic E-state index is 11.0. The Bertz CT molecular complexity index is 1010. The number of aromatic hydroxyl groups is 1. The molecule has 6 nitrogen and oxygen atoms in total. The second kappa shape index (κ2) is 8.85. The Morgan fingerprint density at radius 2 is 1.58 bits per heavy atom. The third kappa shape index (κ3) is 5.17. The number of fused-ring (bicyclic) bond motifs is 1. The number of imidazole rings is 1. The average Bonchev–Trinajstić information content (AvgIpc) is 3.15.